The molecule has 49 heavy (non-hydrogen) atoms. The molecule has 1 aromatic heterocycles. The molecule has 0 spiro atoms. The number of carboxylic acids is 1. The first-order valence-electron chi connectivity index (χ1n) is 15.2. The van der Waals surface area contributed by atoms with Gasteiger partial charge >= 0.3 is 11.9 Å². The molecule has 6 rings (SSSR count). The Morgan fingerprint density at radius 1 is 0.959 bits per heavy atom. The number of carbonyl (C=O) groups is 4. The summed E-state index contributed by atoms with van der Waals surface area (Å²) in [7, 11) is 1.43. The van der Waals surface area contributed by atoms with Gasteiger partial charge in [0, 0.05) is 19.4 Å². The number of fused-ring (bicyclic) bond motifs is 2. The maximum atomic E-state index is 14.5. The summed E-state index contributed by atoms with van der Waals surface area (Å²) in [6.07, 6.45) is 0. The molecule has 0 bridgehead atoms. The number of benzene rings is 3. The molecule has 252 valence electrons. The van der Waals surface area contributed by atoms with Crippen LogP contribution in [0.1, 0.15) is 50.4 Å². The largest absolute Gasteiger partial charge is 0.493 e. The van der Waals surface area contributed by atoms with Gasteiger partial charge in [-0.15, -0.1) is 0 Å². The number of nitrogens with zero attached hydrogens (tertiary/aromatic N) is 3. The highest BCUT2D eigenvalue weighted by atomic mass is 32.1. The number of para-hydroxylation sites is 1. The second-order valence-electron chi connectivity index (χ2n) is 10.9. The third-order valence-corrected chi connectivity index (χ3v) is 8.64. The van der Waals surface area contributed by atoms with Crippen LogP contribution in [0.25, 0.3) is 5.57 Å². The monoisotopic (exact) mass is 683 g/mol. The molecule has 3 heterocycles. The fourth-order valence-corrected chi connectivity index (χ4v) is 6.81. The summed E-state index contributed by atoms with van der Waals surface area (Å²) in [5, 5.41) is 7.42. The van der Waals surface area contributed by atoms with E-state index in [4.69, 9.17) is 24.1 Å². The van der Waals surface area contributed by atoms with Crippen LogP contribution in [0.15, 0.2) is 93.9 Å². The molecular weight excluding hydrogens is 650 g/mol. The molecule has 1 unspecified atom stereocenters. The number of methoxy groups -OCH3 is 1. The van der Waals surface area contributed by atoms with Crippen molar-refractivity contribution in [2.24, 2.45) is 4.99 Å². The van der Waals surface area contributed by atoms with E-state index in [0.29, 0.717) is 33.9 Å². The number of amides is 1. The second kappa shape index (κ2) is 14.5. The van der Waals surface area contributed by atoms with Gasteiger partial charge < -0.3 is 24.2 Å². The molecule has 4 aromatic rings. The molecule has 0 fully saturated rings. The van der Waals surface area contributed by atoms with Crippen LogP contribution in [-0.4, -0.2) is 47.2 Å². The molecule has 1 atom stereocenters. The zero-order valence-corrected chi connectivity index (χ0v) is 28.2. The average molecular weight is 684 g/mol. The van der Waals surface area contributed by atoms with Crippen LogP contribution in [0.2, 0.25) is 0 Å². The maximum absolute atomic E-state index is 14.5. The number of esters is 2. The molecule has 0 aliphatic carbocycles. The van der Waals surface area contributed by atoms with Crippen LogP contribution in [-0.2, 0) is 30.5 Å². The van der Waals surface area contributed by atoms with Crippen molar-refractivity contribution in [2.45, 2.75) is 40.3 Å². The van der Waals surface area contributed by atoms with Gasteiger partial charge in [-0.05, 0) is 43.2 Å². The second-order valence-corrected chi connectivity index (χ2v) is 11.9. The minimum atomic E-state index is -0.956. The van der Waals surface area contributed by atoms with Crippen molar-refractivity contribution in [3.8, 4) is 11.5 Å². The van der Waals surface area contributed by atoms with Gasteiger partial charge in [0.25, 0.3) is 17.4 Å². The van der Waals surface area contributed by atoms with Gasteiger partial charge in [0.1, 0.15) is 4.53 Å². The standard InChI is InChI=1S/C34H29N3O7S.C2H4O2/c1-5-43-33(41)27-19(2)35-34-37(29(27)22-15-16-25(44-20(3)38)26(17-22)42-4)32(40)30(45-34)28-23-13-9-10-14-24(23)36(31(28)39)18-21-11-7-6-8-12-21;1-2(3)4/h6-17,29H,5,18H2,1-4H3;1H3,(H,3,4)/b30-28-;. The van der Waals surface area contributed by atoms with E-state index in [9.17, 15) is 19.2 Å². The highest BCUT2D eigenvalue weighted by Gasteiger charge is 2.37. The summed E-state index contributed by atoms with van der Waals surface area (Å²) >= 11 is 1.10. The molecule has 1 N–H and O–H groups in total. The zero-order valence-electron chi connectivity index (χ0n) is 27.4. The SMILES string of the molecule is CC(=O)O.CCOC(=O)C1=C(C)N=c2s/c(=C3\C(=O)N(Cc4ccccc4)c4ccccc43)c(=O)n2C1c1ccc(OC(C)=O)c(OC)c1. The lowest BCUT2D eigenvalue weighted by Crippen LogP contribution is -2.41. The highest BCUT2D eigenvalue weighted by Crippen LogP contribution is 2.38. The van der Waals surface area contributed by atoms with E-state index in [2.05, 4.69) is 4.99 Å². The summed E-state index contributed by atoms with van der Waals surface area (Å²) in [4.78, 5) is 69.2. The Balaban J connectivity index is 0.00000111. The van der Waals surface area contributed by atoms with Crippen molar-refractivity contribution < 1.29 is 38.5 Å². The number of allylic oxidation sites excluding steroid dienone is 1. The summed E-state index contributed by atoms with van der Waals surface area (Å²) in [5.41, 5.74) is 3.17. The first-order chi connectivity index (χ1) is 23.5. The minimum absolute atomic E-state index is 0.119. The number of aliphatic carboxylic acids is 1. The first kappa shape index (κ1) is 34.5. The Kier molecular flexibility index (Phi) is 10.2. The average Bonchev–Trinajstić information content (AvgIpc) is 3.52. The molecule has 1 amide bonds. The predicted octanol–water partition coefficient (Wildman–Crippen LogP) is 3.74. The van der Waals surface area contributed by atoms with Gasteiger partial charge in [-0.2, -0.15) is 0 Å². The first-order valence-corrected chi connectivity index (χ1v) is 16.0. The molecule has 2 aliphatic heterocycles. The van der Waals surface area contributed by atoms with E-state index in [1.807, 2.05) is 54.6 Å². The number of carboxylic acid groups (broad SMARTS) is 1. The zero-order chi connectivity index (χ0) is 35.4. The topological polar surface area (TPSA) is 154 Å². The molecular formula is C36H33N3O9S. The number of rotatable bonds is 7. The minimum Gasteiger partial charge on any atom is -0.493 e. The molecule has 2 aliphatic rings. The number of hydrogen-bond donors (Lipinski definition) is 1. The highest BCUT2D eigenvalue weighted by molar-refractivity contribution is 7.07. The Hall–Kier alpha value is -5.82. The summed E-state index contributed by atoms with van der Waals surface area (Å²) in [5.74, 6) is -1.85. The number of ether oxygens (including phenoxy) is 3. The number of aromatic nitrogens is 1. The third kappa shape index (κ3) is 6.92. The lowest BCUT2D eigenvalue weighted by atomic mass is 9.95. The van der Waals surface area contributed by atoms with Crippen LogP contribution < -0.4 is 29.3 Å². The van der Waals surface area contributed by atoms with Crippen LogP contribution >= 0.6 is 11.3 Å². The summed E-state index contributed by atoms with van der Waals surface area (Å²) in [6.45, 7) is 6.19. The smallest absolute Gasteiger partial charge is 0.338 e. The lowest BCUT2D eigenvalue weighted by Gasteiger charge is -2.25. The normalized spacial score (nSPS) is 15.7. The van der Waals surface area contributed by atoms with E-state index < -0.39 is 29.5 Å². The fourth-order valence-electron chi connectivity index (χ4n) is 5.67. The van der Waals surface area contributed by atoms with Gasteiger partial charge in [-0.1, -0.05) is 65.9 Å². The van der Waals surface area contributed by atoms with Crippen LogP contribution in [0.5, 0.6) is 11.5 Å². The van der Waals surface area contributed by atoms with Gasteiger partial charge in [0.2, 0.25) is 0 Å². The number of anilines is 1. The van der Waals surface area contributed by atoms with E-state index in [0.717, 1.165) is 23.8 Å². The molecule has 0 saturated carbocycles. The third-order valence-electron chi connectivity index (χ3n) is 7.58. The fraction of sp³-hybridized carbons (Fsp3) is 0.222. The van der Waals surface area contributed by atoms with Crippen LogP contribution in [0.4, 0.5) is 5.69 Å². The summed E-state index contributed by atoms with van der Waals surface area (Å²) in [6, 6.07) is 20.9. The van der Waals surface area contributed by atoms with Crippen molar-refractivity contribution in [3.05, 3.63) is 120 Å². The van der Waals surface area contributed by atoms with Crippen molar-refractivity contribution >= 4 is 46.4 Å². The van der Waals surface area contributed by atoms with Crippen LogP contribution in [0.3, 0.4) is 0 Å². The predicted molar refractivity (Wildman–Crippen MR) is 181 cm³/mol. The van der Waals surface area contributed by atoms with E-state index >= 15 is 0 Å². The van der Waals surface area contributed by atoms with Gasteiger partial charge in [-0.3, -0.25) is 23.7 Å². The Morgan fingerprint density at radius 2 is 1.63 bits per heavy atom. The number of thiazole rings is 1. The van der Waals surface area contributed by atoms with Gasteiger partial charge in [-0.25, -0.2) is 9.79 Å². The number of hydrogen-bond acceptors (Lipinski definition) is 10. The van der Waals surface area contributed by atoms with E-state index in [-0.39, 0.29) is 39.7 Å². The van der Waals surface area contributed by atoms with Crippen molar-refractivity contribution in [1.29, 1.82) is 0 Å². The van der Waals surface area contributed by atoms with E-state index in [1.54, 1.807) is 36.9 Å². The lowest BCUT2D eigenvalue weighted by molar-refractivity contribution is -0.139. The maximum Gasteiger partial charge on any atom is 0.338 e. The Labute approximate surface area is 284 Å². The Morgan fingerprint density at radius 3 is 2.29 bits per heavy atom. The van der Waals surface area contributed by atoms with Crippen LogP contribution in [0, 0.1) is 0 Å². The Bertz CT molecular complexity index is 2180. The van der Waals surface area contributed by atoms with Crippen molar-refractivity contribution in [1.82, 2.24) is 4.57 Å². The number of carbonyl (C=O) groups excluding carboxylic acids is 3. The van der Waals surface area contributed by atoms with Crippen molar-refractivity contribution in [2.75, 3.05) is 18.6 Å². The van der Waals surface area contributed by atoms with Gasteiger partial charge in [0.05, 0.1) is 48.8 Å². The van der Waals surface area contributed by atoms with Gasteiger partial charge in [0.15, 0.2) is 16.3 Å². The molecule has 13 heteroatoms. The quantitative estimate of drug-likeness (QED) is 0.227. The van der Waals surface area contributed by atoms with E-state index in [1.165, 1.54) is 18.6 Å². The van der Waals surface area contributed by atoms with Crippen molar-refractivity contribution in [3.63, 3.8) is 0 Å². The summed E-state index contributed by atoms with van der Waals surface area (Å²) < 4.78 is 17.8. The molecule has 3 aromatic carbocycles. The molecule has 0 saturated heterocycles. The molecule has 0 radical (unpaired) electrons. The molecule has 12 nitrogen and oxygen atoms in total.